The van der Waals surface area contributed by atoms with Crippen molar-refractivity contribution in [2.24, 2.45) is 5.73 Å². The van der Waals surface area contributed by atoms with Crippen molar-refractivity contribution in [2.75, 3.05) is 6.54 Å². The van der Waals surface area contributed by atoms with Crippen molar-refractivity contribution in [2.45, 2.75) is 19.0 Å². The maximum atomic E-state index is 5.55. The molecule has 1 fully saturated rings. The molecule has 0 aromatic carbocycles. The fourth-order valence-corrected chi connectivity index (χ4v) is 0.622. The van der Waals surface area contributed by atoms with E-state index in [4.69, 9.17) is 5.73 Å². The minimum atomic E-state index is 0.292. The van der Waals surface area contributed by atoms with Crippen molar-refractivity contribution in [3.05, 3.63) is 0 Å². The Balaban J connectivity index is 2.33. The smallest absolute Gasteiger partial charge is 0.0348 e. The van der Waals surface area contributed by atoms with Gasteiger partial charge in [-0.25, -0.2) is 0 Å². The summed E-state index contributed by atoms with van der Waals surface area (Å²) in [5, 5.41) is 0. The van der Waals surface area contributed by atoms with Gasteiger partial charge < -0.3 is 5.73 Å². The van der Waals surface area contributed by atoms with E-state index in [0.29, 0.717) is 12.1 Å². The van der Waals surface area contributed by atoms with Crippen LogP contribution >= 0.6 is 0 Å². The van der Waals surface area contributed by atoms with E-state index in [2.05, 4.69) is 17.8 Å². The van der Waals surface area contributed by atoms with Gasteiger partial charge in [-0.05, 0) is 6.92 Å². The first-order valence-corrected chi connectivity index (χ1v) is 2.54. The van der Waals surface area contributed by atoms with Gasteiger partial charge in [0.1, 0.15) is 0 Å². The molecular formula is C4H11N3. The zero-order valence-electron chi connectivity index (χ0n) is 4.44. The third-order valence-corrected chi connectivity index (χ3v) is 1.31. The molecule has 2 atom stereocenters. The van der Waals surface area contributed by atoms with Crippen LogP contribution < -0.4 is 16.6 Å². The van der Waals surface area contributed by atoms with Gasteiger partial charge >= 0.3 is 0 Å². The van der Waals surface area contributed by atoms with E-state index in [1.165, 1.54) is 0 Å². The molecule has 0 saturated carbocycles. The molecule has 0 amide bonds. The van der Waals surface area contributed by atoms with Crippen molar-refractivity contribution in [3.63, 3.8) is 0 Å². The van der Waals surface area contributed by atoms with E-state index in [1.807, 2.05) is 0 Å². The van der Waals surface area contributed by atoms with Crippen LogP contribution in [-0.2, 0) is 0 Å². The fourth-order valence-electron chi connectivity index (χ4n) is 0.622. The summed E-state index contributed by atoms with van der Waals surface area (Å²) in [6.45, 7) is 2.95. The molecule has 1 rings (SSSR count). The highest BCUT2D eigenvalue weighted by Crippen LogP contribution is 1.90. The van der Waals surface area contributed by atoms with Crippen LogP contribution in [0.25, 0.3) is 0 Å². The molecule has 3 heteroatoms. The Labute approximate surface area is 43.2 Å². The minimum absolute atomic E-state index is 0.292. The molecule has 0 aromatic heterocycles. The number of hydrazine groups is 1. The van der Waals surface area contributed by atoms with Crippen molar-refractivity contribution < 1.29 is 0 Å². The van der Waals surface area contributed by atoms with Crippen LogP contribution in [-0.4, -0.2) is 18.6 Å². The lowest BCUT2D eigenvalue weighted by atomic mass is 10.2. The van der Waals surface area contributed by atoms with Crippen molar-refractivity contribution >= 4 is 0 Å². The predicted molar refractivity (Wildman–Crippen MR) is 28.6 cm³/mol. The Morgan fingerprint density at radius 3 is 2.57 bits per heavy atom. The first kappa shape index (κ1) is 5.03. The molecule has 0 aromatic rings. The summed E-state index contributed by atoms with van der Waals surface area (Å²) in [7, 11) is 0. The summed E-state index contributed by atoms with van der Waals surface area (Å²) in [6.07, 6.45) is 0. The summed E-state index contributed by atoms with van der Waals surface area (Å²) < 4.78 is 0. The Hall–Kier alpha value is -0.120. The molecule has 2 unspecified atom stereocenters. The lowest BCUT2D eigenvalue weighted by Crippen LogP contribution is -2.34. The van der Waals surface area contributed by atoms with Gasteiger partial charge in [-0.1, -0.05) is 0 Å². The van der Waals surface area contributed by atoms with Crippen LogP contribution in [0.4, 0.5) is 0 Å². The summed E-state index contributed by atoms with van der Waals surface area (Å²) in [6, 6.07) is 0.722. The first-order chi connectivity index (χ1) is 3.30. The molecular weight excluding hydrogens is 90.1 g/mol. The molecule has 3 nitrogen and oxygen atoms in total. The second-order valence-corrected chi connectivity index (χ2v) is 1.98. The summed E-state index contributed by atoms with van der Waals surface area (Å²) in [4.78, 5) is 0. The number of hydrogen-bond donors (Lipinski definition) is 3. The maximum absolute atomic E-state index is 5.55. The Bertz CT molecular complexity index is 56.0. The van der Waals surface area contributed by atoms with Gasteiger partial charge in [-0.2, -0.15) is 0 Å². The third kappa shape index (κ3) is 0.907. The molecule has 42 valence electrons. The molecule has 1 saturated heterocycles. The number of rotatable bonds is 0. The predicted octanol–water partition coefficient (Wildman–Crippen LogP) is -1.19. The normalized spacial score (nSPS) is 42.0. The largest absolute Gasteiger partial charge is 0.325 e. The van der Waals surface area contributed by atoms with Gasteiger partial charge in [0.25, 0.3) is 0 Å². The first-order valence-electron chi connectivity index (χ1n) is 2.54. The molecule has 0 radical (unpaired) electrons. The molecule has 1 heterocycles. The van der Waals surface area contributed by atoms with Gasteiger partial charge in [-0.3, -0.25) is 10.9 Å². The summed E-state index contributed by atoms with van der Waals surface area (Å²) in [5.41, 5.74) is 11.5. The Kier molecular flexibility index (Phi) is 1.27. The van der Waals surface area contributed by atoms with Crippen LogP contribution in [0.5, 0.6) is 0 Å². The third-order valence-electron chi connectivity index (χ3n) is 1.31. The van der Waals surface area contributed by atoms with Gasteiger partial charge in [0.05, 0.1) is 0 Å². The number of nitrogens with two attached hydrogens (primary N) is 1. The van der Waals surface area contributed by atoms with Crippen molar-refractivity contribution in [3.8, 4) is 0 Å². The minimum Gasteiger partial charge on any atom is -0.325 e. The van der Waals surface area contributed by atoms with Gasteiger partial charge in [0.15, 0.2) is 0 Å². The number of nitrogens with one attached hydrogen (secondary N) is 2. The van der Waals surface area contributed by atoms with E-state index in [0.717, 1.165) is 6.54 Å². The second-order valence-electron chi connectivity index (χ2n) is 1.98. The van der Waals surface area contributed by atoms with Crippen LogP contribution in [0.3, 0.4) is 0 Å². The van der Waals surface area contributed by atoms with Gasteiger partial charge in [0, 0.05) is 18.6 Å². The Morgan fingerprint density at radius 1 is 1.71 bits per heavy atom. The Morgan fingerprint density at radius 2 is 2.43 bits per heavy atom. The van der Waals surface area contributed by atoms with Gasteiger partial charge in [0.2, 0.25) is 0 Å². The van der Waals surface area contributed by atoms with Crippen LogP contribution in [0.2, 0.25) is 0 Å². The highest BCUT2D eigenvalue weighted by Gasteiger charge is 2.16. The van der Waals surface area contributed by atoms with Crippen molar-refractivity contribution in [1.82, 2.24) is 10.9 Å². The monoisotopic (exact) mass is 101 g/mol. The number of hydrogen-bond acceptors (Lipinski definition) is 3. The lowest BCUT2D eigenvalue weighted by Gasteiger charge is -2.04. The van der Waals surface area contributed by atoms with Crippen LogP contribution in [0.15, 0.2) is 0 Å². The summed E-state index contributed by atoms with van der Waals surface area (Å²) in [5.74, 6) is 0. The molecule has 0 bridgehead atoms. The molecule has 0 aliphatic carbocycles. The second kappa shape index (κ2) is 1.78. The summed E-state index contributed by atoms with van der Waals surface area (Å²) >= 11 is 0. The molecule has 4 N–H and O–H groups in total. The fraction of sp³-hybridized carbons (Fsp3) is 1.00. The molecule has 7 heavy (non-hydrogen) atoms. The average Bonchev–Trinajstić information content (AvgIpc) is 1.91. The highest BCUT2D eigenvalue weighted by molar-refractivity contribution is 4.80. The zero-order valence-corrected chi connectivity index (χ0v) is 4.44. The molecule has 1 aliphatic heterocycles. The van der Waals surface area contributed by atoms with Crippen LogP contribution in [0.1, 0.15) is 6.92 Å². The standard InChI is InChI=1S/C4H11N3/c1-3-4(5)2-6-7-3/h3-4,6-7H,2,5H2,1H3. The van der Waals surface area contributed by atoms with E-state index < -0.39 is 0 Å². The lowest BCUT2D eigenvalue weighted by molar-refractivity contribution is 0.566. The van der Waals surface area contributed by atoms with Gasteiger partial charge in [-0.15, -0.1) is 0 Å². The SMILES string of the molecule is CC1NNCC1N. The quantitative estimate of drug-likeness (QED) is 0.359. The molecule has 1 aliphatic rings. The van der Waals surface area contributed by atoms with E-state index in [-0.39, 0.29) is 0 Å². The van der Waals surface area contributed by atoms with E-state index in [1.54, 1.807) is 0 Å². The average molecular weight is 101 g/mol. The zero-order chi connectivity index (χ0) is 5.28. The van der Waals surface area contributed by atoms with Crippen molar-refractivity contribution in [1.29, 1.82) is 0 Å². The topological polar surface area (TPSA) is 50.1 Å². The highest BCUT2D eigenvalue weighted by atomic mass is 15.4. The van der Waals surface area contributed by atoms with E-state index in [9.17, 15) is 0 Å². The molecule has 0 spiro atoms. The maximum Gasteiger partial charge on any atom is 0.0348 e. The van der Waals surface area contributed by atoms with E-state index >= 15 is 0 Å². The van der Waals surface area contributed by atoms with Crippen LogP contribution in [0, 0.1) is 0 Å².